The highest BCUT2D eigenvalue weighted by Gasteiger charge is 2.38. The van der Waals surface area contributed by atoms with Crippen LogP contribution in [0.2, 0.25) is 5.02 Å². The Bertz CT molecular complexity index is 982. The Morgan fingerprint density at radius 3 is 2.53 bits per heavy atom. The van der Waals surface area contributed by atoms with Gasteiger partial charge in [0.05, 0.1) is 12.1 Å². The van der Waals surface area contributed by atoms with Gasteiger partial charge in [-0.15, -0.1) is 0 Å². The Hall–Kier alpha value is -2.59. The number of aromatic nitrogens is 1. The third kappa shape index (κ3) is 7.46. The Kier molecular flexibility index (Phi) is 10.8. The number of cyclic esters (lactones) is 1. The molecule has 0 saturated carbocycles. The number of aliphatic hydroxyl groups excluding tert-OH is 4. The van der Waals surface area contributed by atoms with Crippen molar-refractivity contribution >= 4 is 34.2 Å². The molecule has 2 heterocycles. The average Bonchev–Trinajstić information content (AvgIpc) is 3.09. The number of rotatable bonds is 10. The number of esters is 1. The van der Waals surface area contributed by atoms with Gasteiger partial charge in [-0.05, 0) is 63.7 Å². The molecule has 0 spiro atoms. The van der Waals surface area contributed by atoms with Crippen LogP contribution in [0.4, 0.5) is 5.69 Å². The van der Waals surface area contributed by atoms with Crippen LogP contribution in [0.15, 0.2) is 42.0 Å². The average molecular weight is 496 g/mol. The van der Waals surface area contributed by atoms with E-state index in [-0.39, 0.29) is 0 Å². The van der Waals surface area contributed by atoms with Crippen LogP contribution in [0.25, 0.3) is 10.9 Å². The maximum Gasteiger partial charge on any atom is 0.377 e. The SMILES string of the molecule is CCN(CC)CCCC(C)Nc1ccnc2cc(Cl)ccc12.O=C1O[C@H]([C@@H](O)CO)C(O)=C1O. The van der Waals surface area contributed by atoms with Gasteiger partial charge < -0.3 is 35.4 Å². The summed E-state index contributed by atoms with van der Waals surface area (Å²) < 4.78 is 4.32. The number of nitrogens with one attached hydrogen (secondary N) is 1. The molecule has 9 nitrogen and oxygen atoms in total. The van der Waals surface area contributed by atoms with Gasteiger partial charge in [-0.2, -0.15) is 0 Å². The zero-order valence-electron chi connectivity index (χ0n) is 19.7. The molecule has 188 valence electrons. The molecule has 1 aromatic carbocycles. The second-order valence-corrected chi connectivity index (χ2v) is 8.48. The second kappa shape index (κ2) is 13.3. The summed E-state index contributed by atoms with van der Waals surface area (Å²) in [6.07, 6.45) is 1.43. The zero-order chi connectivity index (χ0) is 25.3. The first-order chi connectivity index (χ1) is 16.2. The molecule has 1 unspecified atom stereocenters. The number of halogens is 1. The van der Waals surface area contributed by atoms with E-state index in [4.69, 9.17) is 32.0 Å². The van der Waals surface area contributed by atoms with E-state index in [9.17, 15) is 4.79 Å². The van der Waals surface area contributed by atoms with Crippen molar-refractivity contribution in [2.24, 2.45) is 0 Å². The van der Waals surface area contributed by atoms with Gasteiger partial charge in [-0.1, -0.05) is 25.4 Å². The van der Waals surface area contributed by atoms with Crippen molar-refractivity contribution in [3.63, 3.8) is 0 Å². The molecule has 0 amide bonds. The fourth-order valence-electron chi connectivity index (χ4n) is 3.57. The van der Waals surface area contributed by atoms with Crippen LogP contribution >= 0.6 is 11.6 Å². The number of fused-ring (bicyclic) bond motifs is 1. The van der Waals surface area contributed by atoms with Gasteiger partial charge in [0.1, 0.15) is 6.10 Å². The number of hydrogen-bond acceptors (Lipinski definition) is 9. The van der Waals surface area contributed by atoms with Gasteiger partial charge >= 0.3 is 5.97 Å². The van der Waals surface area contributed by atoms with Crippen LogP contribution in [0, 0.1) is 0 Å². The quantitative estimate of drug-likeness (QED) is 0.314. The Morgan fingerprint density at radius 2 is 1.94 bits per heavy atom. The monoisotopic (exact) mass is 495 g/mol. The van der Waals surface area contributed by atoms with Gasteiger partial charge in [0.2, 0.25) is 5.76 Å². The first-order valence-electron chi connectivity index (χ1n) is 11.4. The van der Waals surface area contributed by atoms with Gasteiger partial charge in [0.25, 0.3) is 0 Å². The maximum atomic E-state index is 10.5. The molecule has 0 fully saturated rings. The summed E-state index contributed by atoms with van der Waals surface area (Å²) in [4.78, 5) is 17.4. The number of pyridine rings is 1. The number of carbonyl (C=O) groups excluding carboxylic acids is 1. The third-order valence-electron chi connectivity index (χ3n) is 5.59. The molecule has 34 heavy (non-hydrogen) atoms. The maximum absolute atomic E-state index is 10.5. The third-order valence-corrected chi connectivity index (χ3v) is 5.82. The van der Waals surface area contributed by atoms with Crippen LogP contribution in [-0.4, -0.2) is 80.8 Å². The second-order valence-electron chi connectivity index (χ2n) is 8.04. The summed E-state index contributed by atoms with van der Waals surface area (Å²) in [6, 6.07) is 8.35. The number of anilines is 1. The topological polar surface area (TPSA) is 135 Å². The lowest BCUT2D eigenvalue weighted by Crippen LogP contribution is -2.31. The van der Waals surface area contributed by atoms with Crippen molar-refractivity contribution < 1.29 is 30.0 Å². The van der Waals surface area contributed by atoms with Crippen LogP contribution in [0.1, 0.15) is 33.6 Å². The van der Waals surface area contributed by atoms with Gasteiger partial charge in [-0.3, -0.25) is 4.98 Å². The number of hydrogen-bond donors (Lipinski definition) is 5. The largest absolute Gasteiger partial charge is 0.505 e. The van der Waals surface area contributed by atoms with E-state index in [2.05, 4.69) is 40.7 Å². The van der Waals surface area contributed by atoms with E-state index < -0.39 is 36.3 Å². The van der Waals surface area contributed by atoms with Crippen LogP contribution < -0.4 is 5.32 Å². The molecular formula is C24H34ClN3O6. The van der Waals surface area contributed by atoms with E-state index in [1.54, 1.807) is 0 Å². The summed E-state index contributed by atoms with van der Waals surface area (Å²) in [7, 11) is 0. The van der Waals surface area contributed by atoms with Gasteiger partial charge in [-0.25, -0.2) is 4.79 Å². The summed E-state index contributed by atoms with van der Waals surface area (Å²) in [5.74, 6) is -2.78. The first kappa shape index (κ1) is 27.7. The van der Waals surface area contributed by atoms with Crippen molar-refractivity contribution in [1.29, 1.82) is 0 Å². The molecule has 0 saturated heterocycles. The minimum atomic E-state index is -1.42. The summed E-state index contributed by atoms with van der Waals surface area (Å²) >= 11 is 6.04. The fraction of sp³-hybridized carbons (Fsp3) is 0.500. The molecular weight excluding hydrogens is 462 g/mol. The van der Waals surface area contributed by atoms with Crippen LogP contribution in [0.3, 0.4) is 0 Å². The predicted octanol–water partition coefficient (Wildman–Crippen LogP) is 3.40. The molecule has 1 aromatic heterocycles. The molecule has 5 N–H and O–H groups in total. The molecule has 10 heteroatoms. The lowest BCUT2D eigenvalue weighted by atomic mass is 10.1. The van der Waals surface area contributed by atoms with E-state index in [1.165, 1.54) is 13.0 Å². The molecule has 0 bridgehead atoms. The van der Waals surface area contributed by atoms with Crippen molar-refractivity contribution in [2.75, 3.05) is 31.6 Å². The molecule has 0 aliphatic carbocycles. The van der Waals surface area contributed by atoms with Crippen molar-refractivity contribution in [3.8, 4) is 0 Å². The molecule has 3 atom stereocenters. The van der Waals surface area contributed by atoms with Crippen molar-refractivity contribution in [3.05, 3.63) is 47.0 Å². The zero-order valence-corrected chi connectivity index (χ0v) is 20.5. The van der Waals surface area contributed by atoms with Gasteiger partial charge in [0, 0.05) is 28.3 Å². The normalized spacial score (nSPS) is 17.4. The Labute approximate surface area is 204 Å². The highest BCUT2D eigenvalue weighted by Crippen LogP contribution is 2.25. The van der Waals surface area contributed by atoms with Crippen LogP contribution in [0.5, 0.6) is 0 Å². The van der Waals surface area contributed by atoms with E-state index in [1.807, 2.05) is 30.5 Å². The van der Waals surface area contributed by atoms with Gasteiger partial charge in [0.15, 0.2) is 11.9 Å². The fourth-order valence-corrected chi connectivity index (χ4v) is 3.73. The van der Waals surface area contributed by atoms with Crippen LogP contribution in [-0.2, 0) is 9.53 Å². The van der Waals surface area contributed by atoms with E-state index in [0.29, 0.717) is 6.04 Å². The number of benzene rings is 1. The molecule has 0 radical (unpaired) electrons. The Balaban J connectivity index is 0.000000287. The number of carbonyl (C=O) groups is 1. The number of aliphatic hydroxyl groups is 4. The molecule has 1 aliphatic heterocycles. The highest BCUT2D eigenvalue weighted by atomic mass is 35.5. The minimum Gasteiger partial charge on any atom is -0.505 e. The minimum absolute atomic E-state index is 0.442. The summed E-state index contributed by atoms with van der Waals surface area (Å²) in [6.45, 7) is 9.45. The van der Waals surface area contributed by atoms with Crippen molar-refractivity contribution in [2.45, 2.75) is 51.9 Å². The molecule has 1 aliphatic rings. The number of ether oxygens (including phenoxy) is 1. The highest BCUT2D eigenvalue weighted by molar-refractivity contribution is 6.31. The predicted molar refractivity (Wildman–Crippen MR) is 132 cm³/mol. The van der Waals surface area contributed by atoms with E-state index in [0.717, 1.165) is 41.1 Å². The molecule has 3 rings (SSSR count). The molecule has 2 aromatic rings. The standard InChI is InChI=1S/C18H26ClN3.C6H8O6/c1-4-22(5-2)12-6-7-14(3)21-17-10-11-20-18-13-15(19)8-9-16(17)18;7-1-2(8)5-3(9)4(10)6(11)12-5/h8-11,13-14H,4-7,12H2,1-3H3,(H,20,21);2,5,7-10H,1H2/t;2-,5+/m.0/s1. The first-order valence-corrected chi connectivity index (χ1v) is 11.7. The van der Waals surface area contributed by atoms with E-state index >= 15 is 0 Å². The summed E-state index contributed by atoms with van der Waals surface area (Å²) in [5, 5.41) is 40.5. The lowest BCUT2D eigenvalue weighted by molar-refractivity contribution is -0.147. The number of nitrogens with zero attached hydrogens (tertiary/aromatic N) is 2. The van der Waals surface area contributed by atoms with Crippen molar-refractivity contribution in [1.82, 2.24) is 9.88 Å². The lowest BCUT2D eigenvalue weighted by Gasteiger charge is -2.20. The summed E-state index contributed by atoms with van der Waals surface area (Å²) in [5.41, 5.74) is 2.07. The Morgan fingerprint density at radius 1 is 1.24 bits per heavy atom. The smallest absolute Gasteiger partial charge is 0.377 e.